The number of para-hydroxylation sites is 1. The van der Waals surface area contributed by atoms with E-state index < -0.39 is 0 Å². The van der Waals surface area contributed by atoms with Crippen LogP contribution in [-0.4, -0.2) is 30.4 Å². The quantitative estimate of drug-likeness (QED) is 0.883. The van der Waals surface area contributed by atoms with Gasteiger partial charge in [0.1, 0.15) is 6.04 Å². The van der Waals surface area contributed by atoms with Crippen molar-refractivity contribution in [3.8, 4) is 0 Å². The Labute approximate surface area is 108 Å². The summed E-state index contributed by atoms with van der Waals surface area (Å²) < 4.78 is 0. The van der Waals surface area contributed by atoms with Gasteiger partial charge in [0, 0.05) is 25.7 Å². The zero-order valence-corrected chi connectivity index (χ0v) is 11.0. The van der Waals surface area contributed by atoms with E-state index in [9.17, 15) is 4.79 Å². The van der Waals surface area contributed by atoms with E-state index in [2.05, 4.69) is 18.3 Å². The van der Waals surface area contributed by atoms with Crippen LogP contribution in [0.5, 0.6) is 0 Å². The third kappa shape index (κ3) is 2.09. The minimum absolute atomic E-state index is 0.0681. The van der Waals surface area contributed by atoms with Gasteiger partial charge in [-0.3, -0.25) is 4.79 Å². The van der Waals surface area contributed by atoms with Crippen LogP contribution in [0.4, 0.5) is 5.69 Å². The number of rotatable bonds is 3. The number of nitrogens with one attached hydrogen (secondary N) is 1. The number of likely N-dealkylation sites (N-methyl/N-ethyl adjacent to an activating group) is 1. The van der Waals surface area contributed by atoms with Crippen LogP contribution in [-0.2, 0) is 11.2 Å². The molecular weight excluding hydrogens is 224 g/mol. The maximum absolute atomic E-state index is 12.3. The van der Waals surface area contributed by atoms with Gasteiger partial charge in [0.05, 0.1) is 0 Å². The summed E-state index contributed by atoms with van der Waals surface area (Å²) in [6.07, 6.45) is 2.09. The number of carbonyl (C=O) groups is 1. The third-order valence-corrected chi connectivity index (χ3v) is 4.23. The molecule has 1 aliphatic heterocycles. The molecule has 2 aliphatic rings. The van der Waals surface area contributed by atoms with Crippen LogP contribution in [0.2, 0.25) is 0 Å². The minimum Gasteiger partial charge on any atom is -0.373 e. The molecule has 1 aromatic rings. The van der Waals surface area contributed by atoms with Crippen molar-refractivity contribution in [2.24, 2.45) is 11.8 Å². The second kappa shape index (κ2) is 4.30. The molecule has 96 valence electrons. The maximum atomic E-state index is 12.3. The lowest BCUT2D eigenvalue weighted by Gasteiger charge is -2.21. The van der Waals surface area contributed by atoms with Crippen molar-refractivity contribution in [1.82, 2.24) is 4.90 Å². The fourth-order valence-corrected chi connectivity index (χ4v) is 2.81. The Kier molecular flexibility index (Phi) is 2.77. The first-order valence-electron chi connectivity index (χ1n) is 6.74. The van der Waals surface area contributed by atoms with Gasteiger partial charge in [0.25, 0.3) is 0 Å². The third-order valence-electron chi connectivity index (χ3n) is 4.23. The van der Waals surface area contributed by atoms with Crippen LogP contribution in [0, 0.1) is 11.8 Å². The van der Waals surface area contributed by atoms with Crippen molar-refractivity contribution in [2.45, 2.75) is 25.8 Å². The number of nitrogens with zero attached hydrogens (tertiary/aromatic N) is 1. The first-order chi connectivity index (χ1) is 8.65. The van der Waals surface area contributed by atoms with Crippen LogP contribution >= 0.6 is 0 Å². The first kappa shape index (κ1) is 11.6. The number of hydrogen-bond acceptors (Lipinski definition) is 2. The van der Waals surface area contributed by atoms with E-state index in [1.807, 2.05) is 30.1 Å². The Morgan fingerprint density at radius 2 is 2.17 bits per heavy atom. The molecule has 1 amide bonds. The largest absolute Gasteiger partial charge is 0.373 e. The highest BCUT2D eigenvalue weighted by Gasteiger charge is 2.36. The van der Waals surface area contributed by atoms with Crippen LogP contribution in [0.3, 0.4) is 0 Å². The molecule has 1 fully saturated rings. The molecule has 3 nitrogen and oxygen atoms in total. The highest BCUT2D eigenvalue weighted by atomic mass is 16.2. The molecule has 0 saturated heterocycles. The second-order valence-electron chi connectivity index (χ2n) is 5.75. The zero-order chi connectivity index (χ0) is 12.7. The van der Waals surface area contributed by atoms with Crippen molar-refractivity contribution < 1.29 is 4.79 Å². The fourth-order valence-electron chi connectivity index (χ4n) is 2.81. The fraction of sp³-hybridized carbons (Fsp3) is 0.533. The Balaban J connectivity index is 1.61. The van der Waals surface area contributed by atoms with E-state index in [0.29, 0.717) is 0 Å². The molecule has 0 bridgehead atoms. The van der Waals surface area contributed by atoms with Crippen molar-refractivity contribution in [3.63, 3.8) is 0 Å². The summed E-state index contributed by atoms with van der Waals surface area (Å²) in [6.45, 7) is 3.17. The molecule has 3 heteroatoms. The lowest BCUT2D eigenvalue weighted by molar-refractivity contribution is -0.130. The SMILES string of the molecule is CC1CC1CN(C)C(=O)[C@@H]1Cc2ccccc2N1. The first-order valence-corrected chi connectivity index (χ1v) is 6.74. The summed E-state index contributed by atoms with van der Waals surface area (Å²) in [5, 5.41) is 3.33. The van der Waals surface area contributed by atoms with Crippen molar-refractivity contribution >= 4 is 11.6 Å². The van der Waals surface area contributed by atoms with Crippen molar-refractivity contribution in [2.75, 3.05) is 18.9 Å². The molecule has 3 rings (SSSR count). The summed E-state index contributed by atoms with van der Waals surface area (Å²) in [6, 6.07) is 8.11. The average Bonchev–Trinajstić information content (AvgIpc) is 2.92. The van der Waals surface area contributed by atoms with Crippen LogP contribution in [0.15, 0.2) is 24.3 Å². The molecule has 2 unspecified atom stereocenters. The van der Waals surface area contributed by atoms with E-state index in [-0.39, 0.29) is 11.9 Å². The summed E-state index contributed by atoms with van der Waals surface area (Å²) in [7, 11) is 1.93. The van der Waals surface area contributed by atoms with Crippen LogP contribution in [0.25, 0.3) is 0 Å². The number of fused-ring (bicyclic) bond motifs is 1. The van der Waals surface area contributed by atoms with Crippen molar-refractivity contribution in [1.29, 1.82) is 0 Å². The summed E-state index contributed by atoms with van der Waals surface area (Å²) in [5.74, 6) is 1.75. The molecule has 1 saturated carbocycles. The van der Waals surface area contributed by atoms with Gasteiger partial charge in [-0.05, 0) is 29.9 Å². The zero-order valence-electron chi connectivity index (χ0n) is 11.0. The van der Waals surface area contributed by atoms with E-state index in [0.717, 1.165) is 30.5 Å². The summed E-state index contributed by atoms with van der Waals surface area (Å²) in [5.41, 5.74) is 2.37. The summed E-state index contributed by atoms with van der Waals surface area (Å²) >= 11 is 0. The van der Waals surface area contributed by atoms with Gasteiger partial charge in [-0.1, -0.05) is 25.1 Å². The molecule has 18 heavy (non-hydrogen) atoms. The highest BCUT2D eigenvalue weighted by Crippen LogP contribution is 2.38. The van der Waals surface area contributed by atoms with Gasteiger partial charge in [0.15, 0.2) is 0 Å². The van der Waals surface area contributed by atoms with E-state index >= 15 is 0 Å². The van der Waals surface area contributed by atoms with E-state index in [1.54, 1.807) is 0 Å². The molecule has 1 heterocycles. The van der Waals surface area contributed by atoms with E-state index in [4.69, 9.17) is 0 Å². The lowest BCUT2D eigenvalue weighted by atomic mass is 10.1. The molecule has 1 N–H and O–H groups in total. The standard InChI is InChI=1S/C15H20N2O/c1-10-7-12(10)9-17(2)15(18)14-8-11-5-3-4-6-13(11)16-14/h3-6,10,12,14,16H,7-9H2,1-2H3/t10?,12?,14-/m0/s1. The number of amides is 1. The van der Waals surface area contributed by atoms with Gasteiger partial charge >= 0.3 is 0 Å². The number of hydrogen-bond donors (Lipinski definition) is 1. The van der Waals surface area contributed by atoms with Crippen LogP contribution in [0.1, 0.15) is 18.9 Å². The number of anilines is 1. The smallest absolute Gasteiger partial charge is 0.245 e. The average molecular weight is 244 g/mol. The summed E-state index contributed by atoms with van der Waals surface area (Å²) in [4.78, 5) is 14.2. The normalized spacial score (nSPS) is 28.4. The molecular formula is C15H20N2O. The Hall–Kier alpha value is -1.51. The molecule has 0 radical (unpaired) electrons. The molecule has 0 aromatic heterocycles. The van der Waals surface area contributed by atoms with Gasteiger partial charge in [-0.2, -0.15) is 0 Å². The van der Waals surface area contributed by atoms with Gasteiger partial charge < -0.3 is 10.2 Å². The number of benzene rings is 1. The minimum atomic E-state index is -0.0681. The molecule has 3 atom stereocenters. The van der Waals surface area contributed by atoms with Gasteiger partial charge in [0.2, 0.25) is 5.91 Å². The predicted molar refractivity (Wildman–Crippen MR) is 72.5 cm³/mol. The Bertz CT molecular complexity index is 446. The van der Waals surface area contributed by atoms with Crippen LogP contribution < -0.4 is 5.32 Å². The topological polar surface area (TPSA) is 32.3 Å². The van der Waals surface area contributed by atoms with Gasteiger partial charge in [-0.15, -0.1) is 0 Å². The molecule has 1 aliphatic carbocycles. The Morgan fingerprint density at radius 1 is 1.44 bits per heavy atom. The second-order valence-corrected chi connectivity index (χ2v) is 5.75. The number of carbonyl (C=O) groups excluding carboxylic acids is 1. The van der Waals surface area contributed by atoms with E-state index in [1.165, 1.54) is 12.0 Å². The molecule has 0 spiro atoms. The maximum Gasteiger partial charge on any atom is 0.245 e. The molecule has 1 aromatic carbocycles. The lowest BCUT2D eigenvalue weighted by Crippen LogP contribution is -2.40. The van der Waals surface area contributed by atoms with Crippen molar-refractivity contribution in [3.05, 3.63) is 29.8 Å². The highest BCUT2D eigenvalue weighted by molar-refractivity contribution is 5.87. The van der Waals surface area contributed by atoms with Gasteiger partial charge in [-0.25, -0.2) is 0 Å². The predicted octanol–water partition coefficient (Wildman–Crippen LogP) is 2.14. The Morgan fingerprint density at radius 3 is 2.83 bits per heavy atom. The monoisotopic (exact) mass is 244 g/mol.